The second-order valence-corrected chi connectivity index (χ2v) is 5.10. The van der Waals surface area contributed by atoms with Gasteiger partial charge in [-0.05, 0) is 29.3 Å². The summed E-state index contributed by atoms with van der Waals surface area (Å²) in [4.78, 5) is 0. The van der Waals surface area contributed by atoms with Crippen LogP contribution in [0.1, 0.15) is 11.1 Å². The van der Waals surface area contributed by atoms with E-state index >= 15 is 0 Å². The van der Waals surface area contributed by atoms with E-state index in [4.69, 9.17) is 4.42 Å². The largest absolute Gasteiger partial charge is 0.456 e. The van der Waals surface area contributed by atoms with Gasteiger partial charge in [0.1, 0.15) is 11.2 Å². The summed E-state index contributed by atoms with van der Waals surface area (Å²) >= 11 is 0. The zero-order chi connectivity index (χ0) is 14.1. The summed E-state index contributed by atoms with van der Waals surface area (Å²) < 4.78 is 5.91. The topological polar surface area (TPSA) is 13.1 Å². The molecule has 100 valence electrons. The van der Waals surface area contributed by atoms with Crippen LogP contribution in [0, 0.1) is 0 Å². The molecule has 0 saturated carbocycles. The smallest absolute Gasteiger partial charge is 0.136 e. The first-order chi connectivity index (χ1) is 10.4. The van der Waals surface area contributed by atoms with Crippen LogP contribution in [0.4, 0.5) is 0 Å². The van der Waals surface area contributed by atoms with Gasteiger partial charge in [-0.15, -0.1) is 0 Å². The summed E-state index contributed by atoms with van der Waals surface area (Å²) in [6, 6.07) is 24.8. The monoisotopic (exact) mass is 270 g/mol. The van der Waals surface area contributed by atoms with Crippen molar-refractivity contribution in [3.63, 3.8) is 0 Å². The molecule has 4 rings (SSSR count). The maximum absolute atomic E-state index is 5.91. The Hall–Kier alpha value is -2.80. The number of furan rings is 1. The predicted octanol–water partition coefficient (Wildman–Crippen LogP) is 5.76. The van der Waals surface area contributed by atoms with Crippen LogP contribution in [0.2, 0.25) is 0 Å². The second-order valence-electron chi connectivity index (χ2n) is 5.10. The third kappa shape index (κ3) is 2.23. The predicted molar refractivity (Wildman–Crippen MR) is 89.1 cm³/mol. The molecule has 1 heterocycles. The van der Waals surface area contributed by atoms with Crippen LogP contribution in [0.5, 0.6) is 0 Å². The van der Waals surface area contributed by atoms with E-state index in [1.54, 1.807) is 0 Å². The van der Waals surface area contributed by atoms with E-state index in [1.807, 2.05) is 36.4 Å². The first-order valence-corrected chi connectivity index (χ1v) is 7.04. The van der Waals surface area contributed by atoms with E-state index in [2.05, 4.69) is 48.6 Å². The SMILES string of the molecule is C(=C/c1ccc2c(c1)oc1ccccc12)/c1ccccc1. The van der Waals surface area contributed by atoms with Crippen LogP contribution in [0.15, 0.2) is 77.2 Å². The number of para-hydroxylation sites is 1. The molecule has 0 fully saturated rings. The molecule has 0 unspecified atom stereocenters. The van der Waals surface area contributed by atoms with Crippen molar-refractivity contribution in [3.8, 4) is 0 Å². The minimum absolute atomic E-state index is 0.936. The fourth-order valence-electron chi connectivity index (χ4n) is 2.60. The molecule has 0 bridgehead atoms. The molecule has 3 aromatic carbocycles. The standard InChI is InChI=1S/C20H14O/c1-2-6-15(7-3-1)10-11-16-12-13-18-17-8-4-5-9-19(17)21-20(18)14-16/h1-14H/b11-10-. The number of rotatable bonds is 2. The molecule has 0 spiro atoms. The van der Waals surface area contributed by atoms with Gasteiger partial charge in [0.15, 0.2) is 0 Å². The summed E-state index contributed by atoms with van der Waals surface area (Å²) in [5.41, 5.74) is 4.22. The van der Waals surface area contributed by atoms with Gasteiger partial charge in [-0.3, -0.25) is 0 Å². The summed E-state index contributed by atoms with van der Waals surface area (Å²) in [6.45, 7) is 0. The summed E-state index contributed by atoms with van der Waals surface area (Å²) in [7, 11) is 0. The van der Waals surface area contributed by atoms with Crippen LogP contribution in [-0.4, -0.2) is 0 Å². The van der Waals surface area contributed by atoms with Crippen molar-refractivity contribution >= 4 is 34.1 Å². The zero-order valence-electron chi connectivity index (χ0n) is 11.5. The highest BCUT2D eigenvalue weighted by atomic mass is 16.3. The maximum Gasteiger partial charge on any atom is 0.136 e. The second kappa shape index (κ2) is 4.95. The third-order valence-corrected chi connectivity index (χ3v) is 3.67. The van der Waals surface area contributed by atoms with Gasteiger partial charge in [-0.25, -0.2) is 0 Å². The van der Waals surface area contributed by atoms with Gasteiger partial charge in [0.25, 0.3) is 0 Å². The Morgan fingerprint density at radius 2 is 1.29 bits per heavy atom. The minimum Gasteiger partial charge on any atom is -0.456 e. The molecule has 1 heteroatoms. The summed E-state index contributed by atoms with van der Waals surface area (Å²) in [5, 5.41) is 2.34. The molecular weight excluding hydrogens is 256 g/mol. The molecular formula is C20H14O. The van der Waals surface area contributed by atoms with E-state index in [9.17, 15) is 0 Å². The summed E-state index contributed by atoms with van der Waals surface area (Å²) in [6.07, 6.45) is 4.23. The number of hydrogen-bond donors (Lipinski definition) is 0. The van der Waals surface area contributed by atoms with Gasteiger partial charge >= 0.3 is 0 Å². The van der Waals surface area contributed by atoms with Gasteiger partial charge in [0.2, 0.25) is 0 Å². The van der Waals surface area contributed by atoms with Crippen molar-refractivity contribution in [1.82, 2.24) is 0 Å². The minimum atomic E-state index is 0.936. The number of benzene rings is 3. The van der Waals surface area contributed by atoms with Crippen molar-refractivity contribution < 1.29 is 4.42 Å². The highest BCUT2D eigenvalue weighted by Crippen LogP contribution is 2.29. The van der Waals surface area contributed by atoms with Gasteiger partial charge in [-0.2, -0.15) is 0 Å². The number of hydrogen-bond acceptors (Lipinski definition) is 1. The molecule has 0 aliphatic carbocycles. The maximum atomic E-state index is 5.91. The average Bonchev–Trinajstić information content (AvgIpc) is 2.91. The lowest BCUT2D eigenvalue weighted by molar-refractivity contribution is 0.669. The molecule has 4 aromatic rings. The van der Waals surface area contributed by atoms with E-state index in [0.717, 1.165) is 16.7 Å². The van der Waals surface area contributed by atoms with E-state index in [-0.39, 0.29) is 0 Å². The van der Waals surface area contributed by atoms with Gasteiger partial charge in [0.05, 0.1) is 0 Å². The summed E-state index contributed by atoms with van der Waals surface area (Å²) in [5.74, 6) is 0. The molecule has 0 aliphatic rings. The highest BCUT2D eigenvalue weighted by Gasteiger charge is 2.05. The van der Waals surface area contributed by atoms with Crippen LogP contribution in [0.3, 0.4) is 0 Å². The fraction of sp³-hybridized carbons (Fsp3) is 0. The lowest BCUT2D eigenvalue weighted by atomic mass is 10.1. The Kier molecular flexibility index (Phi) is 2.82. The van der Waals surface area contributed by atoms with Crippen molar-refractivity contribution in [2.45, 2.75) is 0 Å². The normalized spacial score (nSPS) is 11.6. The highest BCUT2D eigenvalue weighted by molar-refractivity contribution is 6.05. The van der Waals surface area contributed by atoms with E-state index < -0.39 is 0 Å². The lowest BCUT2D eigenvalue weighted by Gasteiger charge is -1.95. The number of fused-ring (bicyclic) bond motifs is 3. The van der Waals surface area contributed by atoms with Crippen LogP contribution in [-0.2, 0) is 0 Å². The van der Waals surface area contributed by atoms with Crippen molar-refractivity contribution in [2.75, 3.05) is 0 Å². The van der Waals surface area contributed by atoms with E-state index in [0.29, 0.717) is 0 Å². The molecule has 0 amide bonds. The van der Waals surface area contributed by atoms with E-state index in [1.165, 1.54) is 16.3 Å². The molecule has 0 atom stereocenters. The van der Waals surface area contributed by atoms with Crippen LogP contribution >= 0.6 is 0 Å². The Balaban J connectivity index is 1.77. The Morgan fingerprint density at radius 1 is 0.571 bits per heavy atom. The molecule has 21 heavy (non-hydrogen) atoms. The molecule has 0 radical (unpaired) electrons. The molecule has 0 saturated heterocycles. The first kappa shape index (κ1) is 12.0. The molecule has 1 nitrogen and oxygen atoms in total. The Labute approximate surface area is 123 Å². The molecule has 1 aromatic heterocycles. The quantitative estimate of drug-likeness (QED) is 0.422. The van der Waals surface area contributed by atoms with Gasteiger partial charge in [-0.1, -0.05) is 66.7 Å². The van der Waals surface area contributed by atoms with Crippen LogP contribution < -0.4 is 0 Å². The zero-order valence-corrected chi connectivity index (χ0v) is 11.5. The van der Waals surface area contributed by atoms with Crippen molar-refractivity contribution in [2.24, 2.45) is 0 Å². The van der Waals surface area contributed by atoms with Crippen LogP contribution in [0.25, 0.3) is 34.1 Å². The van der Waals surface area contributed by atoms with Gasteiger partial charge in [0, 0.05) is 10.8 Å². The molecule has 0 N–H and O–H groups in total. The Bertz CT molecular complexity index is 930. The first-order valence-electron chi connectivity index (χ1n) is 7.04. The molecule has 0 aliphatic heterocycles. The van der Waals surface area contributed by atoms with Gasteiger partial charge < -0.3 is 4.42 Å². The Morgan fingerprint density at radius 3 is 2.19 bits per heavy atom. The lowest BCUT2D eigenvalue weighted by Crippen LogP contribution is -1.73. The van der Waals surface area contributed by atoms with Crippen molar-refractivity contribution in [3.05, 3.63) is 83.9 Å². The van der Waals surface area contributed by atoms with Crippen molar-refractivity contribution in [1.29, 1.82) is 0 Å². The third-order valence-electron chi connectivity index (χ3n) is 3.67. The average molecular weight is 270 g/mol. The fourth-order valence-corrected chi connectivity index (χ4v) is 2.60.